The monoisotopic (exact) mass is 281 g/mol. The highest BCUT2D eigenvalue weighted by atomic mass is 15.2. The number of aryl methyl sites for hydroxylation is 1. The van der Waals surface area contributed by atoms with Crippen molar-refractivity contribution in [3.63, 3.8) is 0 Å². The smallest absolute Gasteiger partial charge is 0.169 e. The Labute approximate surface area is 125 Å². The molecule has 0 atom stereocenters. The third-order valence-electron chi connectivity index (χ3n) is 3.47. The second kappa shape index (κ2) is 6.80. The van der Waals surface area contributed by atoms with E-state index in [1.807, 2.05) is 37.9 Å². The van der Waals surface area contributed by atoms with Crippen molar-refractivity contribution < 1.29 is 0 Å². The van der Waals surface area contributed by atoms with E-state index in [4.69, 9.17) is 0 Å². The summed E-state index contributed by atoms with van der Waals surface area (Å²) >= 11 is 0. The highest BCUT2D eigenvalue weighted by Gasteiger charge is 2.17. The van der Waals surface area contributed by atoms with Crippen molar-refractivity contribution in [2.24, 2.45) is 0 Å². The van der Waals surface area contributed by atoms with Gasteiger partial charge in [0.2, 0.25) is 0 Å². The van der Waals surface area contributed by atoms with Gasteiger partial charge in [-0.25, -0.2) is 0 Å². The molecule has 0 fully saturated rings. The van der Waals surface area contributed by atoms with Crippen LogP contribution in [0.5, 0.6) is 0 Å². The molecule has 2 heterocycles. The number of hydrogen-bond donors (Lipinski definition) is 0. The lowest BCUT2D eigenvalue weighted by molar-refractivity contribution is 0.818. The molecular formula is C16H19N5. The molecule has 5 nitrogen and oxygen atoms in total. The second-order valence-corrected chi connectivity index (χ2v) is 4.85. The van der Waals surface area contributed by atoms with Gasteiger partial charge in [0, 0.05) is 26.0 Å². The highest BCUT2D eigenvalue weighted by Crippen LogP contribution is 2.23. The fourth-order valence-corrected chi connectivity index (χ4v) is 2.38. The van der Waals surface area contributed by atoms with Crippen molar-refractivity contribution >= 4 is 5.82 Å². The predicted molar refractivity (Wildman–Crippen MR) is 81.8 cm³/mol. The van der Waals surface area contributed by atoms with E-state index < -0.39 is 0 Å². The molecule has 21 heavy (non-hydrogen) atoms. The molecule has 0 saturated carbocycles. The van der Waals surface area contributed by atoms with E-state index in [0.717, 1.165) is 29.7 Å². The summed E-state index contributed by atoms with van der Waals surface area (Å²) in [6, 6.07) is 6.21. The number of aromatic nitrogens is 3. The minimum Gasteiger partial charge on any atom is -0.353 e. The molecule has 0 aliphatic carbocycles. The molecule has 2 aromatic heterocycles. The topological polar surface area (TPSA) is 65.7 Å². The average Bonchev–Trinajstić information content (AvgIpc) is 2.53. The number of pyridine rings is 1. The first kappa shape index (κ1) is 14.9. The van der Waals surface area contributed by atoms with Crippen molar-refractivity contribution in [1.82, 2.24) is 15.2 Å². The lowest BCUT2D eigenvalue weighted by Crippen LogP contribution is -2.21. The van der Waals surface area contributed by atoms with E-state index >= 15 is 0 Å². The first-order valence-corrected chi connectivity index (χ1v) is 7.09. The standard InChI is InChI=1S/C16H19N5/c1-4-13-14(10-17)16(20-19-15(13)5-2)21(3)11-12-6-8-18-9-7-12/h6-9H,4-5,11H2,1-3H3. The number of anilines is 1. The zero-order chi connectivity index (χ0) is 15.2. The van der Waals surface area contributed by atoms with Crippen LogP contribution in [0.2, 0.25) is 0 Å². The number of hydrogen-bond acceptors (Lipinski definition) is 5. The first-order chi connectivity index (χ1) is 10.2. The van der Waals surface area contributed by atoms with Crippen LogP contribution in [-0.2, 0) is 19.4 Å². The van der Waals surface area contributed by atoms with E-state index in [-0.39, 0.29) is 0 Å². The van der Waals surface area contributed by atoms with Crippen molar-refractivity contribution in [3.8, 4) is 6.07 Å². The fourth-order valence-electron chi connectivity index (χ4n) is 2.38. The quantitative estimate of drug-likeness (QED) is 0.842. The summed E-state index contributed by atoms with van der Waals surface area (Å²) in [6.07, 6.45) is 5.10. The minimum atomic E-state index is 0.640. The molecule has 0 bridgehead atoms. The summed E-state index contributed by atoms with van der Waals surface area (Å²) in [7, 11) is 1.93. The van der Waals surface area contributed by atoms with Gasteiger partial charge in [0.15, 0.2) is 5.82 Å². The zero-order valence-corrected chi connectivity index (χ0v) is 12.7. The van der Waals surface area contributed by atoms with Gasteiger partial charge in [-0.3, -0.25) is 4.98 Å². The van der Waals surface area contributed by atoms with Crippen LogP contribution in [0.15, 0.2) is 24.5 Å². The van der Waals surface area contributed by atoms with E-state index in [2.05, 4.69) is 21.3 Å². The van der Waals surface area contributed by atoms with Gasteiger partial charge in [-0.1, -0.05) is 13.8 Å². The maximum atomic E-state index is 9.51. The molecule has 5 heteroatoms. The molecule has 0 saturated heterocycles. The van der Waals surface area contributed by atoms with Crippen molar-refractivity contribution in [1.29, 1.82) is 5.26 Å². The summed E-state index contributed by atoms with van der Waals surface area (Å²) < 4.78 is 0. The highest BCUT2D eigenvalue weighted by molar-refractivity contribution is 5.57. The van der Waals surface area contributed by atoms with Gasteiger partial charge >= 0.3 is 0 Å². The van der Waals surface area contributed by atoms with Crippen LogP contribution in [0, 0.1) is 11.3 Å². The van der Waals surface area contributed by atoms with Crippen LogP contribution in [0.4, 0.5) is 5.82 Å². The molecule has 2 aromatic rings. The molecule has 2 rings (SSSR count). The molecule has 0 aliphatic heterocycles. The summed E-state index contributed by atoms with van der Waals surface area (Å²) in [6.45, 7) is 4.74. The maximum Gasteiger partial charge on any atom is 0.169 e. The van der Waals surface area contributed by atoms with Crippen LogP contribution in [0.3, 0.4) is 0 Å². The number of rotatable bonds is 5. The summed E-state index contributed by atoms with van der Waals surface area (Å²) in [4.78, 5) is 5.97. The van der Waals surface area contributed by atoms with Crippen LogP contribution in [-0.4, -0.2) is 22.2 Å². The van der Waals surface area contributed by atoms with Gasteiger partial charge < -0.3 is 4.90 Å². The molecule has 0 amide bonds. The van der Waals surface area contributed by atoms with Crippen LogP contribution < -0.4 is 4.90 Å². The summed E-state index contributed by atoms with van der Waals surface area (Å²) in [5.74, 6) is 0.642. The molecular weight excluding hydrogens is 262 g/mol. The third-order valence-corrected chi connectivity index (χ3v) is 3.47. The zero-order valence-electron chi connectivity index (χ0n) is 12.7. The Hall–Kier alpha value is -2.48. The van der Waals surface area contributed by atoms with Crippen molar-refractivity contribution in [2.75, 3.05) is 11.9 Å². The molecule has 0 N–H and O–H groups in total. The van der Waals surface area contributed by atoms with Crippen LogP contribution in [0.25, 0.3) is 0 Å². The Morgan fingerprint density at radius 2 is 1.86 bits per heavy atom. The van der Waals surface area contributed by atoms with Gasteiger partial charge in [-0.05, 0) is 36.1 Å². The van der Waals surface area contributed by atoms with Crippen LogP contribution >= 0.6 is 0 Å². The Bertz CT molecular complexity index is 646. The van der Waals surface area contributed by atoms with E-state index in [0.29, 0.717) is 17.9 Å². The third kappa shape index (κ3) is 3.16. The Balaban J connectivity index is 2.37. The summed E-state index contributed by atoms with van der Waals surface area (Å²) in [5, 5.41) is 18.1. The summed E-state index contributed by atoms with van der Waals surface area (Å²) in [5.41, 5.74) is 3.68. The van der Waals surface area contributed by atoms with Crippen LogP contribution in [0.1, 0.15) is 36.2 Å². The van der Waals surface area contributed by atoms with Gasteiger partial charge in [0.25, 0.3) is 0 Å². The fraction of sp³-hybridized carbons (Fsp3) is 0.375. The Morgan fingerprint density at radius 1 is 1.14 bits per heavy atom. The maximum absolute atomic E-state index is 9.51. The second-order valence-electron chi connectivity index (χ2n) is 4.85. The molecule has 0 unspecified atom stereocenters. The van der Waals surface area contributed by atoms with Gasteiger partial charge in [0.05, 0.1) is 5.69 Å². The normalized spacial score (nSPS) is 10.2. The average molecular weight is 281 g/mol. The molecule has 0 radical (unpaired) electrons. The molecule has 0 spiro atoms. The Morgan fingerprint density at radius 3 is 2.43 bits per heavy atom. The minimum absolute atomic E-state index is 0.640. The van der Waals surface area contributed by atoms with Gasteiger partial charge in [0.1, 0.15) is 11.6 Å². The van der Waals surface area contributed by atoms with E-state index in [9.17, 15) is 5.26 Å². The SMILES string of the molecule is CCc1nnc(N(C)Cc2ccncc2)c(C#N)c1CC. The van der Waals surface area contributed by atoms with Crippen molar-refractivity contribution in [2.45, 2.75) is 33.2 Å². The predicted octanol–water partition coefficient (Wildman–Crippen LogP) is 2.50. The number of nitrogens with zero attached hydrogens (tertiary/aromatic N) is 5. The molecule has 108 valence electrons. The molecule has 0 aromatic carbocycles. The van der Waals surface area contributed by atoms with Gasteiger partial charge in [-0.15, -0.1) is 5.10 Å². The first-order valence-electron chi connectivity index (χ1n) is 7.09. The lowest BCUT2D eigenvalue weighted by atomic mass is 10.0. The van der Waals surface area contributed by atoms with Gasteiger partial charge in [-0.2, -0.15) is 10.4 Å². The largest absolute Gasteiger partial charge is 0.353 e. The van der Waals surface area contributed by atoms with E-state index in [1.165, 1.54) is 0 Å². The van der Waals surface area contributed by atoms with E-state index in [1.54, 1.807) is 12.4 Å². The number of nitriles is 1. The molecule has 0 aliphatic rings. The lowest BCUT2D eigenvalue weighted by Gasteiger charge is -2.20. The van der Waals surface area contributed by atoms with Crippen molar-refractivity contribution in [3.05, 3.63) is 46.9 Å². The Kier molecular flexibility index (Phi) is 4.83.